The van der Waals surface area contributed by atoms with Gasteiger partial charge in [0, 0.05) is 6.54 Å². The van der Waals surface area contributed by atoms with E-state index in [4.69, 9.17) is 5.11 Å². The first-order chi connectivity index (χ1) is 9.81. The maximum absolute atomic E-state index is 12.3. The maximum atomic E-state index is 12.3. The van der Waals surface area contributed by atoms with Crippen LogP contribution in [-0.4, -0.2) is 46.9 Å². The van der Waals surface area contributed by atoms with Crippen molar-refractivity contribution in [1.29, 1.82) is 0 Å². The van der Waals surface area contributed by atoms with E-state index in [9.17, 15) is 14.4 Å². The lowest BCUT2D eigenvalue weighted by Crippen LogP contribution is -2.49. The standard InChI is InChI=1S/C14H20N2O4S/c1-9(2)7-16(8-12(17)18)14(20)10(3)15-13(19)11-5-4-6-21-11/h4-6,9-10H,7-8H2,1-3H3,(H,15,19)(H,17,18). The zero-order valence-electron chi connectivity index (χ0n) is 12.3. The van der Waals surface area contributed by atoms with Gasteiger partial charge in [-0.1, -0.05) is 19.9 Å². The van der Waals surface area contributed by atoms with Gasteiger partial charge in [-0.3, -0.25) is 14.4 Å². The first kappa shape index (κ1) is 17.2. The van der Waals surface area contributed by atoms with Crippen LogP contribution < -0.4 is 5.32 Å². The van der Waals surface area contributed by atoms with Crippen LogP contribution in [0.15, 0.2) is 17.5 Å². The summed E-state index contributed by atoms with van der Waals surface area (Å²) >= 11 is 1.28. The van der Waals surface area contributed by atoms with Crippen molar-refractivity contribution in [2.45, 2.75) is 26.8 Å². The second kappa shape index (κ2) is 7.78. The van der Waals surface area contributed by atoms with Crippen LogP contribution in [0, 0.1) is 5.92 Å². The molecule has 0 bridgehead atoms. The number of carbonyl (C=O) groups is 3. The number of carbonyl (C=O) groups excluding carboxylic acids is 2. The summed E-state index contributed by atoms with van der Waals surface area (Å²) in [7, 11) is 0. The van der Waals surface area contributed by atoms with Crippen molar-refractivity contribution in [3.05, 3.63) is 22.4 Å². The molecule has 0 spiro atoms. The Labute approximate surface area is 127 Å². The van der Waals surface area contributed by atoms with Crippen LogP contribution in [-0.2, 0) is 9.59 Å². The molecule has 21 heavy (non-hydrogen) atoms. The molecule has 6 nitrogen and oxygen atoms in total. The Balaban J connectivity index is 2.68. The first-order valence-corrected chi connectivity index (χ1v) is 7.54. The second-order valence-electron chi connectivity index (χ2n) is 5.18. The van der Waals surface area contributed by atoms with Crippen molar-refractivity contribution >= 4 is 29.1 Å². The van der Waals surface area contributed by atoms with Crippen LogP contribution in [0.3, 0.4) is 0 Å². The molecule has 0 saturated heterocycles. The fourth-order valence-corrected chi connectivity index (χ4v) is 2.47. The van der Waals surface area contributed by atoms with Crippen molar-refractivity contribution < 1.29 is 19.5 Å². The number of nitrogens with zero attached hydrogens (tertiary/aromatic N) is 1. The van der Waals surface area contributed by atoms with E-state index in [1.807, 2.05) is 13.8 Å². The van der Waals surface area contributed by atoms with Gasteiger partial charge in [0.2, 0.25) is 5.91 Å². The predicted octanol–water partition coefficient (Wildman–Crippen LogP) is 1.44. The molecular formula is C14H20N2O4S. The summed E-state index contributed by atoms with van der Waals surface area (Å²) in [5.41, 5.74) is 0. The number of carboxylic acid groups (broad SMARTS) is 1. The average molecular weight is 312 g/mol. The van der Waals surface area contributed by atoms with Gasteiger partial charge in [0.1, 0.15) is 12.6 Å². The minimum atomic E-state index is -1.07. The quantitative estimate of drug-likeness (QED) is 0.797. The highest BCUT2D eigenvalue weighted by molar-refractivity contribution is 7.12. The third kappa shape index (κ3) is 5.55. The molecule has 0 radical (unpaired) electrons. The number of amides is 2. The van der Waals surface area contributed by atoms with E-state index in [2.05, 4.69) is 5.32 Å². The van der Waals surface area contributed by atoms with E-state index >= 15 is 0 Å². The summed E-state index contributed by atoms with van der Waals surface area (Å²) in [4.78, 5) is 36.8. The van der Waals surface area contributed by atoms with Crippen LogP contribution in [0.1, 0.15) is 30.4 Å². The maximum Gasteiger partial charge on any atom is 0.323 e. The molecule has 0 aliphatic heterocycles. The number of aliphatic carboxylic acids is 1. The Kier molecular flexibility index (Phi) is 6.36. The number of thiophene rings is 1. The Hall–Kier alpha value is -1.89. The molecule has 116 valence electrons. The number of hydrogen-bond acceptors (Lipinski definition) is 4. The summed E-state index contributed by atoms with van der Waals surface area (Å²) in [5.74, 6) is -1.64. The largest absolute Gasteiger partial charge is 0.480 e. The lowest BCUT2D eigenvalue weighted by molar-refractivity contribution is -0.145. The molecule has 0 aliphatic carbocycles. The van der Waals surface area contributed by atoms with E-state index in [0.29, 0.717) is 11.4 Å². The van der Waals surface area contributed by atoms with E-state index in [1.165, 1.54) is 16.2 Å². The molecule has 1 rings (SSSR count). The number of nitrogens with one attached hydrogen (secondary N) is 1. The summed E-state index contributed by atoms with van der Waals surface area (Å²) in [5, 5.41) is 13.3. The molecule has 2 N–H and O–H groups in total. The summed E-state index contributed by atoms with van der Waals surface area (Å²) in [6, 6.07) is 2.65. The van der Waals surface area contributed by atoms with Crippen molar-refractivity contribution in [2.24, 2.45) is 5.92 Å². The Morgan fingerprint density at radius 2 is 2.00 bits per heavy atom. The molecule has 7 heteroatoms. The monoisotopic (exact) mass is 312 g/mol. The van der Waals surface area contributed by atoms with Crippen LogP contribution in [0.4, 0.5) is 0 Å². The molecule has 0 aliphatic rings. The third-order valence-corrected chi connectivity index (χ3v) is 3.55. The topological polar surface area (TPSA) is 86.7 Å². The number of rotatable bonds is 7. The molecule has 1 heterocycles. The lowest BCUT2D eigenvalue weighted by Gasteiger charge is -2.26. The summed E-state index contributed by atoms with van der Waals surface area (Å²) < 4.78 is 0. The molecule has 0 aromatic carbocycles. The van der Waals surface area contributed by atoms with E-state index < -0.39 is 17.9 Å². The normalized spacial score (nSPS) is 12.0. The Morgan fingerprint density at radius 1 is 1.33 bits per heavy atom. The Bertz CT molecular complexity index is 499. The van der Waals surface area contributed by atoms with E-state index in [-0.39, 0.29) is 18.4 Å². The fourth-order valence-electron chi connectivity index (χ4n) is 1.85. The van der Waals surface area contributed by atoms with Gasteiger partial charge in [-0.25, -0.2) is 0 Å². The number of carboxylic acids is 1. The SMILES string of the molecule is CC(C)CN(CC(=O)O)C(=O)C(C)NC(=O)c1cccs1. The van der Waals surface area contributed by atoms with Gasteiger partial charge in [-0.15, -0.1) is 11.3 Å². The minimum Gasteiger partial charge on any atom is -0.480 e. The van der Waals surface area contributed by atoms with Crippen LogP contribution in [0.2, 0.25) is 0 Å². The summed E-state index contributed by atoms with van der Waals surface area (Å²) in [6.07, 6.45) is 0. The van der Waals surface area contributed by atoms with Crippen molar-refractivity contribution in [3.63, 3.8) is 0 Å². The zero-order valence-corrected chi connectivity index (χ0v) is 13.1. The second-order valence-corrected chi connectivity index (χ2v) is 6.13. The molecular weight excluding hydrogens is 292 g/mol. The van der Waals surface area contributed by atoms with Gasteiger partial charge < -0.3 is 15.3 Å². The van der Waals surface area contributed by atoms with Gasteiger partial charge in [0.05, 0.1) is 4.88 Å². The van der Waals surface area contributed by atoms with Gasteiger partial charge in [0.25, 0.3) is 5.91 Å². The van der Waals surface area contributed by atoms with Crippen molar-refractivity contribution in [1.82, 2.24) is 10.2 Å². The van der Waals surface area contributed by atoms with Crippen LogP contribution >= 0.6 is 11.3 Å². The highest BCUT2D eigenvalue weighted by atomic mass is 32.1. The lowest BCUT2D eigenvalue weighted by atomic mass is 10.2. The van der Waals surface area contributed by atoms with Gasteiger partial charge >= 0.3 is 5.97 Å². The molecule has 2 amide bonds. The minimum absolute atomic E-state index is 0.147. The molecule has 0 fully saturated rings. The van der Waals surface area contributed by atoms with E-state index in [1.54, 1.807) is 24.4 Å². The summed E-state index contributed by atoms with van der Waals surface area (Å²) in [6.45, 7) is 5.33. The molecule has 1 unspecified atom stereocenters. The average Bonchev–Trinajstić information content (AvgIpc) is 2.89. The van der Waals surface area contributed by atoms with Gasteiger partial charge in [0.15, 0.2) is 0 Å². The molecule has 1 atom stereocenters. The van der Waals surface area contributed by atoms with Crippen LogP contribution in [0.25, 0.3) is 0 Å². The highest BCUT2D eigenvalue weighted by Gasteiger charge is 2.24. The predicted molar refractivity (Wildman–Crippen MR) is 80.3 cm³/mol. The van der Waals surface area contributed by atoms with Crippen molar-refractivity contribution in [2.75, 3.05) is 13.1 Å². The fraction of sp³-hybridized carbons (Fsp3) is 0.500. The molecule has 1 aromatic heterocycles. The Morgan fingerprint density at radius 3 is 2.48 bits per heavy atom. The zero-order chi connectivity index (χ0) is 16.0. The molecule has 1 aromatic rings. The van der Waals surface area contributed by atoms with Crippen molar-refractivity contribution in [3.8, 4) is 0 Å². The molecule has 0 saturated carbocycles. The van der Waals surface area contributed by atoms with Crippen LogP contribution in [0.5, 0.6) is 0 Å². The van der Waals surface area contributed by atoms with Gasteiger partial charge in [-0.05, 0) is 24.3 Å². The van der Waals surface area contributed by atoms with E-state index in [0.717, 1.165) is 0 Å². The number of hydrogen-bond donors (Lipinski definition) is 2. The first-order valence-electron chi connectivity index (χ1n) is 6.66. The third-order valence-electron chi connectivity index (χ3n) is 2.69. The smallest absolute Gasteiger partial charge is 0.323 e. The van der Waals surface area contributed by atoms with Gasteiger partial charge in [-0.2, -0.15) is 0 Å². The highest BCUT2D eigenvalue weighted by Crippen LogP contribution is 2.09.